The highest BCUT2D eigenvalue weighted by molar-refractivity contribution is 6.32. The van der Waals surface area contributed by atoms with Gasteiger partial charge >= 0.3 is 5.97 Å². The molecule has 0 saturated heterocycles. The molecule has 0 fully saturated rings. The Labute approximate surface area is 181 Å². The second kappa shape index (κ2) is 8.26. The number of ether oxygens (including phenoxy) is 2. The first kappa shape index (κ1) is 22.1. The van der Waals surface area contributed by atoms with Crippen molar-refractivity contribution in [3.05, 3.63) is 46.6 Å². The van der Waals surface area contributed by atoms with Crippen molar-refractivity contribution in [3.8, 4) is 11.5 Å². The first-order valence-corrected chi connectivity index (χ1v) is 10.1. The van der Waals surface area contributed by atoms with Gasteiger partial charge in [-0.1, -0.05) is 38.1 Å². The quantitative estimate of drug-likeness (QED) is 0.544. The molecular formula is C23H26ClNO5. The largest absolute Gasteiger partial charge is 0.503 e. The fraction of sp³-hybridized carbons (Fsp3) is 0.435. The van der Waals surface area contributed by atoms with Crippen molar-refractivity contribution in [2.24, 2.45) is 16.3 Å². The summed E-state index contributed by atoms with van der Waals surface area (Å²) < 4.78 is 10.6. The Morgan fingerprint density at radius 3 is 2.73 bits per heavy atom. The van der Waals surface area contributed by atoms with Gasteiger partial charge in [-0.25, -0.2) is 0 Å². The number of hydrogen-bond donors (Lipinski definition) is 1. The van der Waals surface area contributed by atoms with Gasteiger partial charge in [-0.3, -0.25) is 14.6 Å². The van der Waals surface area contributed by atoms with E-state index in [0.29, 0.717) is 35.4 Å². The maximum absolute atomic E-state index is 13.2. The van der Waals surface area contributed by atoms with Gasteiger partial charge in [0, 0.05) is 29.3 Å². The number of rotatable bonds is 5. The van der Waals surface area contributed by atoms with Crippen molar-refractivity contribution in [2.75, 3.05) is 13.7 Å². The van der Waals surface area contributed by atoms with E-state index in [1.54, 1.807) is 19.1 Å². The zero-order chi connectivity index (χ0) is 22.2. The van der Waals surface area contributed by atoms with Gasteiger partial charge in [0.2, 0.25) is 0 Å². The predicted octanol–water partition coefficient (Wildman–Crippen LogP) is 4.60. The third-order valence-corrected chi connectivity index (χ3v) is 5.82. The molecule has 0 aromatic heterocycles. The Morgan fingerprint density at radius 2 is 2.10 bits per heavy atom. The summed E-state index contributed by atoms with van der Waals surface area (Å²) in [7, 11) is 1.41. The molecule has 1 heterocycles. The lowest BCUT2D eigenvalue weighted by molar-refractivity contribution is -0.145. The standard InChI is InChI=1S/C23H26ClNO5/c1-6-7-30-22(28)18-12(2)25-15-10-23(3,4)11-16(26)20(15)19(18)13-8-14(24)21(27)17(9-13)29-5/h6,8-9,18-19,27H,1,7,10-11H2,2-5H3/t18?,19-/m1/s1. The number of hydrogen-bond acceptors (Lipinski definition) is 6. The molecule has 1 N–H and O–H groups in total. The van der Waals surface area contributed by atoms with Crippen LogP contribution in [0.4, 0.5) is 0 Å². The number of carbonyl (C=O) groups excluding carboxylic acids is 2. The van der Waals surface area contributed by atoms with Gasteiger partial charge in [-0.15, -0.1) is 0 Å². The minimum Gasteiger partial charge on any atom is -0.503 e. The minimum atomic E-state index is -0.792. The van der Waals surface area contributed by atoms with E-state index in [1.807, 2.05) is 13.8 Å². The number of carbonyl (C=O) groups is 2. The molecule has 1 aliphatic carbocycles. The van der Waals surface area contributed by atoms with Gasteiger partial charge in [0.25, 0.3) is 0 Å². The van der Waals surface area contributed by atoms with Gasteiger partial charge < -0.3 is 14.6 Å². The van der Waals surface area contributed by atoms with Crippen LogP contribution in [-0.2, 0) is 14.3 Å². The van der Waals surface area contributed by atoms with Crippen LogP contribution in [0.2, 0.25) is 5.02 Å². The first-order chi connectivity index (χ1) is 14.1. The molecule has 1 aromatic rings. The molecule has 0 spiro atoms. The summed E-state index contributed by atoms with van der Waals surface area (Å²) in [5.74, 6) is -1.99. The lowest BCUT2D eigenvalue weighted by atomic mass is 9.67. The van der Waals surface area contributed by atoms with Crippen molar-refractivity contribution < 1.29 is 24.2 Å². The second-order valence-electron chi connectivity index (χ2n) is 8.48. The summed E-state index contributed by atoms with van der Waals surface area (Å²) in [5, 5.41) is 10.2. The molecule has 1 aromatic carbocycles. The summed E-state index contributed by atoms with van der Waals surface area (Å²) in [6, 6.07) is 3.17. The molecular weight excluding hydrogens is 406 g/mol. The van der Waals surface area contributed by atoms with Crippen molar-refractivity contribution in [3.63, 3.8) is 0 Å². The van der Waals surface area contributed by atoms with Crippen molar-refractivity contribution in [2.45, 2.75) is 39.5 Å². The number of benzene rings is 1. The van der Waals surface area contributed by atoms with Crippen LogP contribution in [0.1, 0.15) is 45.1 Å². The maximum atomic E-state index is 13.2. The van der Waals surface area contributed by atoms with Crippen LogP contribution in [0.25, 0.3) is 0 Å². The van der Waals surface area contributed by atoms with Crippen molar-refractivity contribution >= 4 is 29.1 Å². The fourth-order valence-electron chi connectivity index (χ4n) is 4.27. The van der Waals surface area contributed by atoms with Crippen LogP contribution in [0.3, 0.4) is 0 Å². The number of ketones is 1. The smallest absolute Gasteiger partial charge is 0.315 e. The number of halogens is 1. The van der Waals surface area contributed by atoms with E-state index in [1.165, 1.54) is 13.2 Å². The molecule has 1 unspecified atom stereocenters. The molecule has 0 bridgehead atoms. The van der Waals surface area contributed by atoms with Crippen LogP contribution < -0.4 is 4.74 Å². The van der Waals surface area contributed by atoms with E-state index in [4.69, 9.17) is 21.1 Å². The highest BCUT2D eigenvalue weighted by Gasteiger charge is 2.46. The Hall–Kier alpha value is -2.60. The lowest BCUT2D eigenvalue weighted by Gasteiger charge is -2.39. The molecule has 6 nitrogen and oxygen atoms in total. The van der Waals surface area contributed by atoms with Crippen LogP contribution >= 0.6 is 11.6 Å². The first-order valence-electron chi connectivity index (χ1n) is 9.75. The third-order valence-electron chi connectivity index (χ3n) is 5.53. The summed E-state index contributed by atoms with van der Waals surface area (Å²) in [6.07, 6.45) is 2.47. The Morgan fingerprint density at radius 1 is 1.40 bits per heavy atom. The molecule has 2 aliphatic rings. The number of methoxy groups -OCH3 is 1. The Kier molecular flexibility index (Phi) is 6.09. The zero-order valence-corrected chi connectivity index (χ0v) is 18.4. The molecule has 0 saturated carbocycles. The van der Waals surface area contributed by atoms with Gasteiger partial charge in [-0.2, -0.15) is 0 Å². The number of nitrogens with zero attached hydrogens (tertiary/aromatic N) is 1. The van der Waals surface area contributed by atoms with Crippen LogP contribution in [0.5, 0.6) is 11.5 Å². The summed E-state index contributed by atoms with van der Waals surface area (Å²) >= 11 is 6.23. The van der Waals surface area contributed by atoms with E-state index in [2.05, 4.69) is 11.6 Å². The van der Waals surface area contributed by atoms with Crippen molar-refractivity contribution in [1.82, 2.24) is 0 Å². The topological polar surface area (TPSA) is 85.2 Å². The molecule has 30 heavy (non-hydrogen) atoms. The van der Waals surface area contributed by atoms with Crippen molar-refractivity contribution in [1.29, 1.82) is 0 Å². The minimum absolute atomic E-state index is 0.0489. The summed E-state index contributed by atoms with van der Waals surface area (Å²) in [4.78, 5) is 30.8. The highest BCUT2D eigenvalue weighted by atomic mass is 35.5. The molecule has 2 atom stereocenters. The number of allylic oxidation sites excluding steroid dienone is 2. The number of esters is 1. The zero-order valence-electron chi connectivity index (χ0n) is 17.6. The van der Waals surface area contributed by atoms with Crippen LogP contribution in [-0.4, -0.2) is 36.3 Å². The summed E-state index contributed by atoms with van der Waals surface area (Å²) in [6.45, 7) is 9.46. The van der Waals surface area contributed by atoms with Gasteiger partial charge in [0.05, 0.1) is 12.1 Å². The molecule has 0 radical (unpaired) electrons. The SMILES string of the molecule is C=CCOC(=O)C1C(C)=NC2=C(C(=O)CC(C)(C)C2)[C@@H]1c1cc(Cl)c(O)c(OC)c1. The van der Waals surface area contributed by atoms with E-state index >= 15 is 0 Å². The number of aliphatic imine (C=N–C) groups is 1. The Balaban J connectivity index is 2.22. The van der Waals surface area contributed by atoms with E-state index < -0.39 is 17.8 Å². The van der Waals surface area contributed by atoms with Gasteiger partial charge in [0.15, 0.2) is 17.3 Å². The molecule has 160 valence electrons. The van der Waals surface area contributed by atoms with Gasteiger partial charge in [-0.05, 0) is 36.5 Å². The predicted molar refractivity (Wildman–Crippen MR) is 115 cm³/mol. The van der Waals surface area contributed by atoms with Gasteiger partial charge in [0.1, 0.15) is 12.5 Å². The fourth-order valence-corrected chi connectivity index (χ4v) is 4.49. The van der Waals surface area contributed by atoms with E-state index in [9.17, 15) is 14.7 Å². The molecule has 0 amide bonds. The monoisotopic (exact) mass is 431 g/mol. The Bertz CT molecular complexity index is 976. The number of Topliss-reactive ketones (excluding diaryl/α,β-unsaturated/α-hetero) is 1. The lowest BCUT2D eigenvalue weighted by Crippen LogP contribution is -2.39. The summed E-state index contributed by atoms with van der Waals surface area (Å²) in [5.41, 5.74) is 2.13. The number of phenolic OH excluding ortho intramolecular Hbond substituents is 1. The van der Waals surface area contributed by atoms with E-state index in [0.717, 1.165) is 0 Å². The normalized spacial score (nSPS) is 22.8. The van der Waals surface area contributed by atoms with Crippen LogP contribution in [0.15, 0.2) is 41.1 Å². The number of phenols is 1. The molecule has 3 rings (SSSR count). The average Bonchev–Trinajstić information content (AvgIpc) is 2.66. The third kappa shape index (κ3) is 4.01. The van der Waals surface area contributed by atoms with E-state index in [-0.39, 0.29) is 34.3 Å². The molecule has 7 heteroatoms. The second-order valence-corrected chi connectivity index (χ2v) is 8.89. The molecule has 1 aliphatic heterocycles. The average molecular weight is 432 g/mol. The van der Waals surface area contributed by atoms with Crippen LogP contribution in [0, 0.1) is 11.3 Å². The number of aromatic hydroxyl groups is 1. The highest BCUT2D eigenvalue weighted by Crippen LogP contribution is 2.49. The maximum Gasteiger partial charge on any atom is 0.315 e.